The molecule has 0 radical (unpaired) electrons. The van der Waals surface area contributed by atoms with E-state index in [9.17, 15) is 9.18 Å². The highest BCUT2D eigenvalue weighted by atomic mass is 19.1. The van der Waals surface area contributed by atoms with Gasteiger partial charge >= 0.3 is 0 Å². The normalized spacial score (nSPS) is 16.3. The van der Waals surface area contributed by atoms with Crippen LogP contribution in [0.4, 0.5) is 4.39 Å². The molecule has 0 N–H and O–H groups in total. The highest BCUT2D eigenvalue weighted by Crippen LogP contribution is 2.14. The van der Waals surface area contributed by atoms with Crippen molar-refractivity contribution < 1.29 is 9.18 Å². The summed E-state index contributed by atoms with van der Waals surface area (Å²) in [7, 11) is 0. The second kappa shape index (κ2) is 8.28. The molecule has 1 aromatic rings. The average Bonchev–Trinajstić information content (AvgIpc) is 2.56. The van der Waals surface area contributed by atoms with Crippen LogP contribution < -0.4 is 0 Å². The summed E-state index contributed by atoms with van der Waals surface area (Å²) in [4.78, 5) is 16.8. The molecule has 0 atom stereocenters. The minimum absolute atomic E-state index is 0.183. The van der Waals surface area contributed by atoms with E-state index in [0.717, 1.165) is 57.5 Å². The van der Waals surface area contributed by atoms with Crippen molar-refractivity contribution >= 4 is 5.91 Å². The summed E-state index contributed by atoms with van der Waals surface area (Å²) in [5.41, 5.74) is 1.16. The van der Waals surface area contributed by atoms with Gasteiger partial charge in [0.05, 0.1) is 0 Å². The van der Waals surface area contributed by atoms with Crippen LogP contribution in [0.25, 0.3) is 0 Å². The van der Waals surface area contributed by atoms with Crippen molar-refractivity contribution in [2.45, 2.75) is 33.1 Å². The molecule has 1 saturated heterocycles. The van der Waals surface area contributed by atoms with Gasteiger partial charge < -0.3 is 4.90 Å². The van der Waals surface area contributed by atoms with Crippen LogP contribution in [0.5, 0.6) is 0 Å². The van der Waals surface area contributed by atoms with Crippen LogP contribution in [0.15, 0.2) is 24.3 Å². The quantitative estimate of drug-likeness (QED) is 0.807. The molecule has 0 spiro atoms. The standard InChI is InChI=1S/C18H27FN2O/c1-3-16(4-2)18(22)21-13-11-20(12-14-21)10-9-15-5-7-17(19)8-6-15/h5-8,16H,3-4,9-14H2,1-2H3. The molecule has 1 amide bonds. The summed E-state index contributed by atoms with van der Waals surface area (Å²) in [5, 5.41) is 0. The molecule has 1 aliphatic heterocycles. The predicted molar refractivity (Wildman–Crippen MR) is 87.2 cm³/mol. The van der Waals surface area contributed by atoms with Crippen molar-refractivity contribution in [1.29, 1.82) is 0 Å². The molecule has 0 aliphatic carbocycles. The Morgan fingerprint density at radius 1 is 1.09 bits per heavy atom. The minimum Gasteiger partial charge on any atom is -0.340 e. The highest BCUT2D eigenvalue weighted by Gasteiger charge is 2.25. The third kappa shape index (κ3) is 4.54. The van der Waals surface area contributed by atoms with Crippen molar-refractivity contribution in [3.63, 3.8) is 0 Å². The molecular weight excluding hydrogens is 279 g/mol. The molecule has 3 nitrogen and oxygen atoms in total. The molecule has 122 valence electrons. The van der Waals surface area contributed by atoms with E-state index < -0.39 is 0 Å². The number of piperazine rings is 1. The molecule has 0 bridgehead atoms. The summed E-state index contributed by atoms with van der Waals surface area (Å²) < 4.78 is 12.9. The van der Waals surface area contributed by atoms with E-state index in [4.69, 9.17) is 0 Å². The Morgan fingerprint density at radius 3 is 2.23 bits per heavy atom. The molecule has 22 heavy (non-hydrogen) atoms. The van der Waals surface area contributed by atoms with Crippen molar-refractivity contribution in [1.82, 2.24) is 9.80 Å². The van der Waals surface area contributed by atoms with Crippen LogP contribution in [0.2, 0.25) is 0 Å². The van der Waals surface area contributed by atoms with Crippen LogP contribution in [0.3, 0.4) is 0 Å². The summed E-state index contributed by atoms with van der Waals surface area (Å²) in [6.45, 7) is 8.69. The molecular formula is C18H27FN2O. The number of nitrogens with zero attached hydrogens (tertiary/aromatic N) is 2. The molecule has 0 aromatic heterocycles. The highest BCUT2D eigenvalue weighted by molar-refractivity contribution is 5.78. The van der Waals surface area contributed by atoms with Gasteiger partial charge in [-0.05, 0) is 37.0 Å². The lowest BCUT2D eigenvalue weighted by atomic mass is 10.0. The van der Waals surface area contributed by atoms with Crippen molar-refractivity contribution in [2.24, 2.45) is 5.92 Å². The van der Waals surface area contributed by atoms with Gasteiger partial charge in [-0.2, -0.15) is 0 Å². The summed E-state index contributed by atoms with van der Waals surface area (Å²) in [6, 6.07) is 6.73. The summed E-state index contributed by atoms with van der Waals surface area (Å²) in [5.74, 6) is 0.325. The van der Waals surface area contributed by atoms with Gasteiger partial charge in [0.1, 0.15) is 5.82 Å². The Hall–Kier alpha value is -1.42. The number of rotatable bonds is 6. The van der Waals surface area contributed by atoms with E-state index in [1.54, 1.807) is 0 Å². The molecule has 0 unspecified atom stereocenters. The lowest BCUT2D eigenvalue weighted by Gasteiger charge is -2.36. The van der Waals surface area contributed by atoms with Gasteiger partial charge in [-0.15, -0.1) is 0 Å². The van der Waals surface area contributed by atoms with Gasteiger partial charge in [-0.1, -0.05) is 26.0 Å². The van der Waals surface area contributed by atoms with Gasteiger partial charge in [0, 0.05) is 38.6 Å². The van der Waals surface area contributed by atoms with Crippen molar-refractivity contribution in [2.75, 3.05) is 32.7 Å². The minimum atomic E-state index is -0.183. The van der Waals surface area contributed by atoms with E-state index in [1.807, 2.05) is 17.0 Å². The Labute approximate surface area is 133 Å². The maximum Gasteiger partial charge on any atom is 0.225 e. The van der Waals surface area contributed by atoms with Crippen molar-refractivity contribution in [3.8, 4) is 0 Å². The van der Waals surface area contributed by atoms with Gasteiger partial charge in [-0.3, -0.25) is 9.69 Å². The lowest BCUT2D eigenvalue weighted by Crippen LogP contribution is -2.50. The molecule has 1 heterocycles. The third-order valence-electron chi connectivity index (χ3n) is 4.65. The first-order valence-corrected chi connectivity index (χ1v) is 8.39. The number of carbonyl (C=O) groups is 1. The monoisotopic (exact) mass is 306 g/mol. The maximum absolute atomic E-state index is 12.9. The molecule has 1 aliphatic rings. The maximum atomic E-state index is 12.9. The number of hydrogen-bond acceptors (Lipinski definition) is 2. The second-order valence-electron chi connectivity index (χ2n) is 6.06. The average molecular weight is 306 g/mol. The molecule has 4 heteroatoms. The smallest absolute Gasteiger partial charge is 0.225 e. The Kier molecular flexibility index (Phi) is 6.37. The molecule has 0 saturated carbocycles. The zero-order valence-electron chi connectivity index (χ0n) is 13.7. The zero-order valence-corrected chi connectivity index (χ0v) is 13.7. The number of carbonyl (C=O) groups excluding carboxylic acids is 1. The Morgan fingerprint density at radius 2 is 1.68 bits per heavy atom. The van der Waals surface area contributed by atoms with Gasteiger partial charge in [0.15, 0.2) is 0 Å². The number of amides is 1. The first-order chi connectivity index (χ1) is 10.6. The van der Waals surface area contributed by atoms with E-state index in [2.05, 4.69) is 18.7 Å². The fraction of sp³-hybridized carbons (Fsp3) is 0.611. The zero-order chi connectivity index (χ0) is 15.9. The molecule has 1 fully saturated rings. The van der Waals surface area contributed by atoms with Gasteiger partial charge in [0.25, 0.3) is 0 Å². The van der Waals surface area contributed by atoms with E-state index in [-0.39, 0.29) is 11.7 Å². The first kappa shape index (κ1) is 16.9. The second-order valence-corrected chi connectivity index (χ2v) is 6.06. The first-order valence-electron chi connectivity index (χ1n) is 8.39. The molecule has 1 aromatic carbocycles. The van der Waals surface area contributed by atoms with Crippen LogP contribution in [-0.4, -0.2) is 48.4 Å². The van der Waals surface area contributed by atoms with Crippen LogP contribution in [0, 0.1) is 11.7 Å². The summed E-state index contributed by atoms with van der Waals surface area (Å²) >= 11 is 0. The van der Waals surface area contributed by atoms with E-state index in [0.29, 0.717) is 5.91 Å². The Bertz CT molecular complexity index is 462. The van der Waals surface area contributed by atoms with Crippen LogP contribution in [-0.2, 0) is 11.2 Å². The predicted octanol–water partition coefficient (Wildman–Crippen LogP) is 2.95. The SMILES string of the molecule is CCC(CC)C(=O)N1CCN(CCc2ccc(F)cc2)CC1. The fourth-order valence-electron chi connectivity index (χ4n) is 3.03. The van der Waals surface area contributed by atoms with Crippen LogP contribution >= 0.6 is 0 Å². The third-order valence-corrected chi connectivity index (χ3v) is 4.65. The largest absolute Gasteiger partial charge is 0.340 e. The summed E-state index contributed by atoms with van der Waals surface area (Å²) in [6.07, 6.45) is 2.79. The van der Waals surface area contributed by atoms with Crippen molar-refractivity contribution in [3.05, 3.63) is 35.6 Å². The molecule has 2 rings (SSSR count). The lowest BCUT2D eigenvalue weighted by molar-refractivity contribution is -0.137. The topological polar surface area (TPSA) is 23.6 Å². The van der Waals surface area contributed by atoms with Gasteiger partial charge in [-0.25, -0.2) is 4.39 Å². The number of halogens is 1. The van der Waals surface area contributed by atoms with E-state index >= 15 is 0 Å². The number of hydrogen-bond donors (Lipinski definition) is 0. The van der Waals surface area contributed by atoms with Crippen LogP contribution in [0.1, 0.15) is 32.3 Å². The van der Waals surface area contributed by atoms with Gasteiger partial charge in [0.2, 0.25) is 5.91 Å². The number of benzene rings is 1. The van der Waals surface area contributed by atoms with E-state index in [1.165, 1.54) is 12.1 Å². The fourth-order valence-corrected chi connectivity index (χ4v) is 3.03. The Balaban J connectivity index is 1.75.